The molecule has 2 N–H and O–H groups in total. The van der Waals surface area contributed by atoms with Gasteiger partial charge in [0.25, 0.3) is 5.56 Å². The molecule has 8 nitrogen and oxygen atoms in total. The van der Waals surface area contributed by atoms with E-state index in [1.54, 1.807) is 25.3 Å². The number of nitrogens with zero attached hydrogens (tertiary/aromatic N) is 2. The zero-order chi connectivity index (χ0) is 24.7. The predicted octanol–water partition coefficient (Wildman–Crippen LogP) is 3.42. The third-order valence-electron chi connectivity index (χ3n) is 6.53. The number of carboxylic acid groups (broad SMARTS) is 1. The lowest BCUT2D eigenvalue weighted by atomic mass is 9.86. The van der Waals surface area contributed by atoms with Crippen molar-refractivity contribution in [3.05, 3.63) is 120 Å². The van der Waals surface area contributed by atoms with Gasteiger partial charge in [-0.15, -0.1) is 0 Å². The largest absolute Gasteiger partial charge is 0.478 e. The van der Waals surface area contributed by atoms with E-state index in [-0.39, 0.29) is 12.1 Å². The monoisotopic (exact) mass is 471 g/mol. The van der Waals surface area contributed by atoms with Gasteiger partial charge in [0, 0.05) is 25.1 Å². The summed E-state index contributed by atoms with van der Waals surface area (Å²) in [6, 6.07) is 12.7. The Morgan fingerprint density at radius 3 is 2.74 bits per heavy atom. The lowest BCUT2D eigenvalue weighted by molar-refractivity contribution is 0.0696. The van der Waals surface area contributed by atoms with Crippen molar-refractivity contribution in [2.45, 2.75) is 45.6 Å². The maximum Gasteiger partial charge on any atom is 0.335 e. The Kier molecular flexibility index (Phi) is 5.72. The number of rotatable bonds is 5. The highest BCUT2D eigenvalue weighted by atomic mass is 16.4. The average Bonchev–Trinajstić information content (AvgIpc) is 3.14. The minimum atomic E-state index is -1.04. The number of carboxylic acids is 1. The first-order valence-corrected chi connectivity index (χ1v) is 11.6. The minimum absolute atomic E-state index is 0.114. The van der Waals surface area contributed by atoms with Crippen molar-refractivity contribution in [1.29, 1.82) is 0 Å². The van der Waals surface area contributed by atoms with E-state index in [1.807, 2.05) is 6.07 Å². The second-order valence-electron chi connectivity index (χ2n) is 8.84. The van der Waals surface area contributed by atoms with Crippen LogP contribution in [-0.2, 0) is 25.8 Å². The highest BCUT2D eigenvalue weighted by molar-refractivity contribution is 5.87. The fourth-order valence-corrected chi connectivity index (χ4v) is 4.83. The number of nitrogens with one attached hydrogen (secondary N) is 1. The van der Waals surface area contributed by atoms with Gasteiger partial charge in [-0.25, -0.2) is 14.6 Å². The van der Waals surface area contributed by atoms with Crippen LogP contribution in [0.1, 0.15) is 68.4 Å². The molecule has 1 unspecified atom stereocenters. The van der Waals surface area contributed by atoms with Gasteiger partial charge in [0.05, 0.1) is 23.7 Å². The number of H-pyrrole nitrogens is 1. The van der Waals surface area contributed by atoms with Crippen LogP contribution in [0, 0.1) is 6.92 Å². The summed E-state index contributed by atoms with van der Waals surface area (Å²) >= 11 is 0. The van der Waals surface area contributed by atoms with E-state index in [0.717, 1.165) is 29.7 Å². The molecule has 0 radical (unpaired) electrons. The van der Waals surface area contributed by atoms with Gasteiger partial charge in [0.2, 0.25) is 0 Å². The first-order valence-electron chi connectivity index (χ1n) is 11.6. The number of hydrogen-bond donors (Lipinski definition) is 2. The van der Waals surface area contributed by atoms with Crippen molar-refractivity contribution in [3.8, 4) is 0 Å². The molecule has 0 amide bonds. The normalized spacial score (nSPS) is 14.7. The van der Waals surface area contributed by atoms with E-state index in [0.29, 0.717) is 29.1 Å². The summed E-state index contributed by atoms with van der Waals surface area (Å²) in [6.45, 7) is 4.00. The highest BCUT2D eigenvalue weighted by Crippen LogP contribution is 2.38. The number of aromatic carboxylic acids is 1. The molecular weight excluding hydrogens is 446 g/mol. The van der Waals surface area contributed by atoms with Crippen LogP contribution in [0.15, 0.2) is 62.7 Å². The highest BCUT2D eigenvalue weighted by Gasteiger charge is 2.32. The van der Waals surface area contributed by atoms with Gasteiger partial charge in [-0.2, -0.15) is 0 Å². The second-order valence-corrected chi connectivity index (χ2v) is 8.84. The number of fused-ring (bicyclic) bond motifs is 2. The maximum absolute atomic E-state index is 13.1. The standard InChI is InChI=1S/C27H25N3O5/c1-3-16-7-9-20-18(11-16)8-10-22-24(28-15(2)35-22)23(20)21-14-30(27(34)29-25(21)31)13-17-5-4-6-19(12-17)26(32)33/h4-7,9,11-12,14,23H,3,8,10,13H2,1-2H3,(H,32,33)(H,29,31,34). The molecule has 0 saturated carbocycles. The molecule has 1 atom stereocenters. The summed E-state index contributed by atoms with van der Waals surface area (Å²) in [5.41, 5.74) is 4.12. The molecule has 8 heteroatoms. The molecule has 0 spiro atoms. The number of oxazole rings is 1. The molecule has 0 fully saturated rings. The molecule has 35 heavy (non-hydrogen) atoms. The molecule has 4 aromatic rings. The van der Waals surface area contributed by atoms with Crippen molar-refractivity contribution in [1.82, 2.24) is 14.5 Å². The third-order valence-corrected chi connectivity index (χ3v) is 6.53. The van der Waals surface area contributed by atoms with Crippen LogP contribution in [0.25, 0.3) is 0 Å². The SMILES string of the molecule is CCc1ccc2c(c1)CCc1oc(C)nc1C2c1cn(Cc2cccc(C(=O)O)c2)c(=O)[nH]c1=O. The third kappa shape index (κ3) is 4.23. The zero-order valence-corrected chi connectivity index (χ0v) is 19.5. The van der Waals surface area contributed by atoms with Gasteiger partial charge < -0.3 is 9.52 Å². The van der Waals surface area contributed by atoms with Crippen molar-refractivity contribution in [3.63, 3.8) is 0 Å². The lowest BCUT2D eigenvalue weighted by Crippen LogP contribution is -2.33. The Morgan fingerprint density at radius 2 is 1.97 bits per heavy atom. The fraction of sp³-hybridized carbons (Fsp3) is 0.259. The topological polar surface area (TPSA) is 118 Å². The quantitative estimate of drug-likeness (QED) is 0.461. The summed E-state index contributed by atoms with van der Waals surface area (Å²) < 4.78 is 7.30. The van der Waals surface area contributed by atoms with Crippen LogP contribution in [0.4, 0.5) is 0 Å². The molecular formula is C27H25N3O5. The summed E-state index contributed by atoms with van der Waals surface area (Å²) in [4.78, 5) is 44.3. The van der Waals surface area contributed by atoms with Gasteiger partial charge >= 0.3 is 11.7 Å². The molecule has 5 rings (SSSR count). The first-order chi connectivity index (χ1) is 16.8. The first kappa shape index (κ1) is 22.6. The van der Waals surface area contributed by atoms with Gasteiger partial charge in [0.15, 0.2) is 5.89 Å². The van der Waals surface area contributed by atoms with E-state index in [9.17, 15) is 19.5 Å². The number of aromatic nitrogens is 3. The Labute approximate surface area is 200 Å². The number of hydrogen-bond acceptors (Lipinski definition) is 5. The Bertz CT molecular complexity index is 1560. The van der Waals surface area contributed by atoms with Gasteiger partial charge in [-0.05, 0) is 47.2 Å². The van der Waals surface area contributed by atoms with Crippen LogP contribution in [-0.4, -0.2) is 25.6 Å². The summed E-state index contributed by atoms with van der Waals surface area (Å²) in [7, 11) is 0. The number of aryl methyl sites for hydroxylation is 4. The zero-order valence-electron chi connectivity index (χ0n) is 19.5. The summed E-state index contributed by atoms with van der Waals surface area (Å²) in [6.07, 6.45) is 3.91. The van der Waals surface area contributed by atoms with E-state index in [2.05, 4.69) is 29.0 Å². The molecule has 2 heterocycles. The van der Waals surface area contributed by atoms with Crippen molar-refractivity contribution in [2.75, 3.05) is 0 Å². The summed E-state index contributed by atoms with van der Waals surface area (Å²) in [5.74, 6) is -0.263. The van der Waals surface area contributed by atoms with E-state index in [1.165, 1.54) is 22.3 Å². The fourth-order valence-electron chi connectivity index (χ4n) is 4.83. The van der Waals surface area contributed by atoms with Gasteiger partial charge in [0.1, 0.15) is 5.76 Å². The molecule has 2 aromatic carbocycles. The predicted molar refractivity (Wildman–Crippen MR) is 129 cm³/mol. The summed E-state index contributed by atoms with van der Waals surface area (Å²) in [5, 5.41) is 9.30. The molecule has 178 valence electrons. The van der Waals surface area contributed by atoms with E-state index >= 15 is 0 Å². The van der Waals surface area contributed by atoms with E-state index < -0.39 is 23.1 Å². The molecule has 2 aromatic heterocycles. The number of aromatic amines is 1. The lowest BCUT2D eigenvalue weighted by Gasteiger charge is -2.19. The minimum Gasteiger partial charge on any atom is -0.478 e. The van der Waals surface area contributed by atoms with Crippen molar-refractivity contribution >= 4 is 5.97 Å². The van der Waals surface area contributed by atoms with Crippen LogP contribution in [0.2, 0.25) is 0 Å². The van der Waals surface area contributed by atoms with Crippen LogP contribution >= 0.6 is 0 Å². The van der Waals surface area contributed by atoms with Gasteiger partial charge in [-0.3, -0.25) is 14.3 Å². The van der Waals surface area contributed by atoms with Gasteiger partial charge in [-0.1, -0.05) is 37.3 Å². The van der Waals surface area contributed by atoms with Crippen LogP contribution in [0.3, 0.4) is 0 Å². The molecule has 1 aliphatic carbocycles. The Hall–Kier alpha value is -4.20. The van der Waals surface area contributed by atoms with E-state index in [4.69, 9.17) is 4.42 Å². The van der Waals surface area contributed by atoms with Crippen molar-refractivity contribution < 1.29 is 14.3 Å². The Balaban J connectivity index is 1.67. The number of benzene rings is 2. The maximum atomic E-state index is 13.1. The average molecular weight is 472 g/mol. The smallest absolute Gasteiger partial charge is 0.335 e. The molecule has 0 saturated heterocycles. The second kappa shape index (κ2) is 8.87. The molecule has 0 aliphatic heterocycles. The molecule has 0 bridgehead atoms. The van der Waals surface area contributed by atoms with Crippen molar-refractivity contribution in [2.24, 2.45) is 0 Å². The Morgan fingerprint density at radius 1 is 1.14 bits per heavy atom. The number of carbonyl (C=O) groups is 1. The van der Waals surface area contributed by atoms with Crippen LogP contribution in [0.5, 0.6) is 0 Å². The molecule has 1 aliphatic rings. The van der Waals surface area contributed by atoms with Crippen LogP contribution < -0.4 is 11.2 Å².